The molecule has 0 unspecified atom stereocenters. The average molecular weight is 312 g/mol. The normalized spacial score (nSPS) is 20.4. The Bertz CT molecular complexity index is 527. The van der Waals surface area contributed by atoms with Crippen LogP contribution >= 0.6 is 0 Å². The Morgan fingerprint density at radius 2 is 2.10 bits per heavy atom. The molecule has 1 aromatic rings. The second kappa shape index (κ2) is 7.24. The lowest BCUT2D eigenvalue weighted by Gasteiger charge is -2.24. The van der Waals surface area contributed by atoms with Gasteiger partial charge in [0.25, 0.3) is 0 Å². The molecular weight excluding hydrogens is 288 g/mol. The van der Waals surface area contributed by atoms with Gasteiger partial charge in [0.15, 0.2) is 0 Å². The van der Waals surface area contributed by atoms with Gasteiger partial charge in [0.2, 0.25) is 10.0 Å². The van der Waals surface area contributed by atoms with Crippen molar-refractivity contribution in [2.45, 2.75) is 19.4 Å². The van der Waals surface area contributed by atoms with Crippen molar-refractivity contribution in [2.75, 3.05) is 37.5 Å². The van der Waals surface area contributed by atoms with Crippen LogP contribution in [0.2, 0.25) is 0 Å². The largest absolute Gasteiger partial charge is 0.381 e. The number of benzene rings is 1. The standard InChI is InChI=1S/C15H24N2O3S/c1-13(10-17(2)15-6-4-3-5-7-15)16-21(18,19)12-14-8-9-20-11-14/h3-7,13-14,16H,8-12H2,1-2H3/t13-,14+/m0/s1. The fraction of sp³-hybridized carbons (Fsp3) is 0.600. The summed E-state index contributed by atoms with van der Waals surface area (Å²) in [5.74, 6) is 0.286. The summed E-state index contributed by atoms with van der Waals surface area (Å²) in [6, 6.07) is 9.80. The number of likely N-dealkylation sites (N-methyl/N-ethyl adjacent to an activating group) is 1. The SMILES string of the molecule is C[C@@H](CN(C)c1ccccc1)NS(=O)(=O)C[C@@H]1CCOC1. The van der Waals surface area contributed by atoms with E-state index in [2.05, 4.69) is 4.72 Å². The number of ether oxygens (including phenoxy) is 1. The molecule has 1 saturated heterocycles. The first-order valence-corrected chi connectivity index (χ1v) is 8.95. The van der Waals surface area contributed by atoms with Gasteiger partial charge in [-0.3, -0.25) is 0 Å². The molecule has 6 heteroatoms. The Balaban J connectivity index is 1.84. The number of anilines is 1. The number of rotatable bonds is 7. The zero-order chi connectivity index (χ0) is 15.3. The molecule has 1 aliphatic rings. The molecule has 2 rings (SSSR count). The quantitative estimate of drug-likeness (QED) is 0.828. The number of hydrogen-bond donors (Lipinski definition) is 1. The van der Waals surface area contributed by atoms with Crippen molar-refractivity contribution >= 4 is 15.7 Å². The highest BCUT2D eigenvalue weighted by Crippen LogP contribution is 2.15. The Labute approximate surface area is 127 Å². The molecule has 0 amide bonds. The summed E-state index contributed by atoms with van der Waals surface area (Å²) < 4.78 is 32.2. The van der Waals surface area contributed by atoms with Crippen LogP contribution < -0.4 is 9.62 Å². The summed E-state index contributed by atoms with van der Waals surface area (Å²) in [5.41, 5.74) is 1.08. The van der Waals surface area contributed by atoms with Gasteiger partial charge >= 0.3 is 0 Å². The van der Waals surface area contributed by atoms with Gasteiger partial charge in [-0.1, -0.05) is 18.2 Å². The highest BCUT2D eigenvalue weighted by molar-refractivity contribution is 7.89. The van der Waals surface area contributed by atoms with E-state index in [1.807, 2.05) is 49.2 Å². The molecule has 0 aliphatic carbocycles. The summed E-state index contributed by atoms with van der Waals surface area (Å²) in [5, 5.41) is 0. The zero-order valence-corrected chi connectivity index (χ0v) is 13.5. The van der Waals surface area contributed by atoms with Crippen LogP contribution in [0.4, 0.5) is 5.69 Å². The summed E-state index contributed by atoms with van der Waals surface area (Å²) in [6.07, 6.45) is 0.833. The van der Waals surface area contributed by atoms with Crippen molar-refractivity contribution in [3.05, 3.63) is 30.3 Å². The Kier molecular flexibility index (Phi) is 5.61. The molecular formula is C15H24N2O3S. The summed E-state index contributed by atoms with van der Waals surface area (Å²) in [6.45, 7) is 3.75. The van der Waals surface area contributed by atoms with E-state index < -0.39 is 10.0 Å². The van der Waals surface area contributed by atoms with E-state index >= 15 is 0 Å². The smallest absolute Gasteiger partial charge is 0.212 e. The van der Waals surface area contributed by atoms with Crippen molar-refractivity contribution in [1.82, 2.24) is 4.72 Å². The summed E-state index contributed by atoms with van der Waals surface area (Å²) in [7, 11) is -1.29. The van der Waals surface area contributed by atoms with Crippen LogP contribution in [-0.2, 0) is 14.8 Å². The van der Waals surface area contributed by atoms with Crippen LogP contribution in [-0.4, -0.2) is 47.0 Å². The van der Waals surface area contributed by atoms with E-state index in [0.717, 1.165) is 12.1 Å². The topological polar surface area (TPSA) is 58.6 Å². The maximum Gasteiger partial charge on any atom is 0.212 e. The Hall–Kier alpha value is -1.11. The van der Waals surface area contributed by atoms with Crippen molar-refractivity contribution in [3.8, 4) is 0 Å². The average Bonchev–Trinajstić information content (AvgIpc) is 2.90. The molecule has 1 fully saturated rings. The molecule has 1 heterocycles. The van der Waals surface area contributed by atoms with Gasteiger partial charge in [-0.15, -0.1) is 0 Å². The third-order valence-electron chi connectivity index (χ3n) is 3.60. The van der Waals surface area contributed by atoms with Gasteiger partial charge < -0.3 is 9.64 Å². The molecule has 0 spiro atoms. The maximum absolute atomic E-state index is 12.1. The highest BCUT2D eigenvalue weighted by atomic mass is 32.2. The molecule has 118 valence electrons. The molecule has 21 heavy (non-hydrogen) atoms. The summed E-state index contributed by atoms with van der Waals surface area (Å²) >= 11 is 0. The van der Waals surface area contributed by atoms with Crippen LogP contribution in [0, 0.1) is 5.92 Å². The van der Waals surface area contributed by atoms with Crippen molar-refractivity contribution in [3.63, 3.8) is 0 Å². The van der Waals surface area contributed by atoms with Crippen LogP contribution in [0.25, 0.3) is 0 Å². The van der Waals surface area contributed by atoms with Crippen LogP contribution in [0.3, 0.4) is 0 Å². The maximum atomic E-state index is 12.1. The fourth-order valence-corrected chi connectivity index (χ4v) is 4.28. The van der Waals surface area contributed by atoms with Crippen LogP contribution in [0.5, 0.6) is 0 Å². The van der Waals surface area contributed by atoms with Crippen molar-refractivity contribution < 1.29 is 13.2 Å². The summed E-state index contributed by atoms with van der Waals surface area (Å²) in [4.78, 5) is 2.05. The Morgan fingerprint density at radius 3 is 2.71 bits per heavy atom. The van der Waals surface area contributed by atoms with Gasteiger partial charge in [0.05, 0.1) is 12.4 Å². The van der Waals surface area contributed by atoms with E-state index in [-0.39, 0.29) is 17.7 Å². The molecule has 0 saturated carbocycles. The van der Waals surface area contributed by atoms with Crippen molar-refractivity contribution in [1.29, 1.82) is 0 Å². The van der Waals surface area contributed by atoms with E-state index in [1.165, 1.54) is 0 Å². The number of nitrogens with one attached hydrogen (secondary N) is 1. The minimum atomic E-state index is -3.25. The van der Waals surface area contributed by atoms with Crippen molar-refractivity contribution in [2.24, 2.45) is 5.92 Å². The number of nitrogens with zero attached hydrogens (tertiary/aromatic N) is 1. The first-order chi connectivity index (χ1) is 9.96. The number of hydrogen-bond acceptors (Lipinski definition) is 4. The molecule has 0 aromatic heterocycles. The molecule has 1 aromatic carbocycles. The van der Waals surface area contributed by atoms with Gasteiger partial charge in [-0.25, -0.2) is 13.1 Å². The lowest BCUT2D eigenvalue weighted by molar-refractivity contribution is 0.188. The predicted molar refractivity (Wildman–Crippen MR) is 85.0 cm³/mol. The van der Waals surface area contributed by atoms with Crippen LogP contribution in [0.1, 0.15) is 13.3 Å². The first-order valence-electron chi connectivity index (χ1n) is 7.30. The lowest BCUT2D eigenvalue weighted by Crippen LogP contribution is -2.42. The van der Waals surface area contributed by atoms with Gasteiger partial charge in [-0.05, 0) is 31.4 Å². The van der Waals surface area contributed by atoms with Gasteiger partial charge in [0.1, 0.15) is 0 Å². The number of para-hydroxylation sites is 1. The molecule has 2 atom stereocenters. The van der Waals surface area contributed by atoms with E-state index in [9.17, 15) is 8.42 Å². The highest BCUT2D eigenvalue weighted by Gasteiger charge is 2.24. The van der Waals surface area contributed by atoms with Gasteiger partial charge in [-0.2, -0.15) is 0 Å². The third kappa shape index (κ3) is 5.30. The molecule has 0 bridgehead atoms. The number of sulfonamides is 1. The van der Waals surface area contributed by atoms with E-state index in [4.69, 9.17) is 4.74 Å². The zero-order valence-electron chi connectivity index (χ0n) is 12.7. The predicted octanol–water partition coefficient (Wildman–Crippen LogP) is 1.47. The van der Waals surface area contributed by atoms with E-state index in [0.29, 0.717) is 19.8 Å². The van der Waals surface area contributed by atoms with Gasteiger partial charge in [0, 0.05) is 31.9 Å². The van der Waals surface area contributed by atoms with Crippen LogP contribution in [0.15, 0.2) is 30.3 Å². The molecule has 0 radical (unpaired) electrons. The second-order valence-corrected chi connectivity index (χ2v) is 7.54. The fourth-order valence-electron chi connectivity index (χ4n) is 2.62. The first kappa shape index (κ1) is 16.3. The third-order valence-corrected chi connectivity index (χ3v) is 5.28. The molecule has 1 aliphatic heterocycles. The molecule has 1 N–H and O–H groups in total. The Morgan fingerprint density at radius 1 is 1.38 bits per heavy atom. The minimum Gasteiger partial charge on any atom is -0.381 e. The lowest BCUT2D eigenvalue weighted by atomic mass is 10.2. The second-order valence-electron chi connectivity index (χ2n) is 5.75. The van der Waals surface area contributed by atoms with E-state index in [1.54, 1.807) is 0 Å². The molecule has 5 nitrogen and oxygen atoms in total. The monoisotopic (exact) mass is 312 g/mol. The minimum absolute atomic E-state index is 0.126.